The molecule has 0 saturated heterocycles. The van der Waals surface area contributed by atoms with Gasteiger partial charge in [-0.3, -0.25) is 0 Å². The zero-order valence-electron chi connectivity index (χ0n) is 10.6. The van der Waals surface area contributed by atoms with E-state index < -0.39 is 0 Å². The standard InChI is InChI=1S/C8H18N8O2.Cu/c1-17-7(11)15-5(9)13-3-4-14-6(10)16-8(12)18-2;/h3-4H2,1-2H3,(H4,9,11,13,15)(H4,10,12,14,16);/q;+2. The summed E-state index contributed by atoms with van der Waals surface area (Å²) in [6, 6.07) is -0.145. The van der Waals surface area contributed by atoms with Gasteiger partial charge in [0.05, 0.1) is 27.3 Å². The van der Waals surface area contributed by atoms with Gasteiger partial charge in [0.2, 0.25) is 11.9 Å². The number of nitrogens with two attached hydrogens (primary N) is 4. The van der Waals surface area contributed by atoms with E-state index in [4.69, 9.17) is 22.9 Å². The Balaban J connectivity index is 0. The average molecular weight is 322 g/mol. The van der Waals surface area contributed by atoms with Crippen LogP contribution in [0.15, 0.2) is 20.0 Å². The first-order valence-corrected chi connectivity index (χ1v) is 4.85. The molecular weight excluding hydrogens is 304 g/mol. The summed E-state index contributed by atoms with van der Waals surface area (Å²) in [5.74, 6) is -0.0222. The summed E-state index contributed by atoms with van der Waals surface area (Å²) in [6.45, 7) is 0.546. The van der Waals surface area contributed by atoms with Crippen LogP contribution in [0.2, 0.25) is 0 Å². The fourth-order valence-electron chi connectivity index (χ4n) is 0.717. The van der Waals surface area contributed by atoms with Crippen molar-refractivity contribution >= 4 is 24.0 Å². The van der Waals surface area contributed by atoms with E-state index in [-0.39, 0.29) is 54.1 Å². The Bertz CT molecular complexity index is 343. The number of hydrogen-bond acceptors (Lipinski definition) is 4. The van der Waals surface area contributed by atoms with Gasteiger partial charge < -0.3 is 32.4 Å². The van der Waals surface area contributed by atoms with Crippen LogP contribution in [-0.2, 0) is 26.5 Å². The minimum atomic E-state index is -0.0725. The molecule has 0 spiro atoms. The molecule has 0 aromatic heterocycles. The minimum absolute atomic E-state index is 0. The topological polar surface area (TPSA) is 172 Å². The van der Waals surface area contributed by atoms with E-state index in [1.165, 1.54) is 14.2 Å². The van der Waals surface area contributed by atoms with Crippen molar-refractivity contribution in [2.75, 3.05) is 27.3 Å². The van der Waals surface area contributed by atoms with Crippen molar-refractivity contribution in [3.63, 3.8) is 0 Å². The molecule has 1 radical (unpaired) electrons. The van der Waals surface area contributed by atoms with E-state index in [0.717, 1.165) is 0 Å². The summed E-state index contributed by atoms with van der Waals surface area (Å²) in [5, 5.41) is 0. The molecule has 0 aromatic carbocycles. The van der Waals surface area contributed by atoms with E-state index in [0.29, 0.717) is 0 Å². The molecule has 10 nitrogen and oxygen atoms in total. The number of nitrogens with zero attached hydrogens (tertiary/aromatic N) is 4. The van der Waals surface area contributed by atoms with Gasteiger partial charge in [0, 0.05) is 0 Å². The van der Waals surface area contributed by atoms with Crippen molar-refractivity contribution in [3.8, 4) is 0 Å². The van der Waals surface area contributed by atoms with Crippen molar-refractivity contribution in [1.29, 1.82) is 0 Å². The van der Waals surface area contributed by atoms with Crippen LogP contribution in [0.25, 0.3) is 0 Å². The Morgan fingerprint density at radius 2 is 1.11 bits per heavy atom. The molecule has 0 fully saturated rings. The molecule has 11 heteroatoms. The smallest absolute Gasteiger partial charge is 0.468 e. The zero-order valence-corrected chi connectivity index (χ0v) is 11.6. The van der Waals surface area contributed by atoms with Crippen LogP contribution in [-0.4, -0.2) is 51.3 Å². The predicted molar refractivity (Wildman–Crippen MR) is 70.2 cm³/mol. The molecule has 0 amide bonds. The first-order chi connectivity index (χ1) is 8.49. The van der Waals surface area contributed by atoms with Crippen LogP contribution in [0.5, 0.6) is 0 Å². The van der Waals surface area contributed by atoms with Crippen LogP contribution in [0.4, 0.5) is 0 Å². The average Bonchev–Trinajstić information content (AvgIpc) is 2.34. The monoisotopic (exact) mass is 321 g/mol. The maximum Gasteiger partial charge on any atom is 2.00 e. The summed E-state index contributed by atoms with van der Waals surface area (Å²) in [5.41, 5.74) is 21.4. The number of hydrogen-bond donors (Lipinski definition) is 4. The first kappa shape index (κ1) is 19.3. The summed E-state index contributed by atoms with van der Waals surface area (Å²) in [7, 11) is 2.74. The molecule has 0 saturated carbocycles. The Morgan fingerprint density at radius 3 is 1.37 bits per heavy atom. The molecule has 19 heavy (non-hydrogen) atoms. The predicted octanol–water partition coefficient (Wildman–Crippen LogP) is -2.46. The SMILES string of the molecule is COC(N)=NC(N)=NCCN=C(N)N=C(N)OC.[Cu+2]. The van der Waals surface area contributed by atoms with Crippen molar-refractivity contribution in [2.45, 2.75) is 0 Å². The number of ether oxygens (including phenoxy) is 2. The van der Waals surface area contributed by atoms with Crippen molar-refractivity contribution < 1.29 is 26.5 Å². The van der Waals surface area contributed by atoms with Gasteiger partial charge in [-0.1, -0.05) is 0 Å². The number of rotatable bonds is 3. The van der Waals surface area contributed by atoms with Crippen LogP contribution >= 0.6 is 0 Å². The molecule has 0 heterocycles. The maximum absolute atomic E-state index is 5.42. The van der Waals surface area contributed by atoms with Crippen molar-refractivity contribution in [2.24, 2.45) is 42.9 Å². The molecule has 0 atom stereocenters. The van der Waals surface area contributed by atoms with Gasteiger partial charge in [0.25, 0.3) is 12.0 Å². The molecule has 0 bridgehead atoms. The minimum Gasteiger partial charge on any atom is -0.468 e. The number of amidine groups is 2. The molecule has 111 valence electrons. The second-order valence-electron chi connectivity index (χ2n) is 2.79. The second kappa shape index (κ2) is 11.1. The van der Waals surface area contributed by atoms with E-state index in [1.54, 1.807) is 0 Å². The van der Waals surface area contributed by atoms with Crippen molar-refractivity contribution in [3.05, 3.63) is 0 Å². The van der Waals surface area contributed by atoms with Gasteiger partial charge in [0.15, 0.2) is 0 Å². The molecular formula is C8H18CuN8O2+2. The maximum atomic E-state index is 5.42. The van der Waals surface area contributed by atoms with Gasteiger partial charge in [-0.15, -0.1) is 0 Å². The molecule has 0 aliphatic carbocycles. The Kier molecular flexibility index (Phi) is 11.3. The van der Waals surface area contributed by atoms with E-state index >= 15 is 0 Å². The fraction of sp³-hybridized carbons (Fsp3) is 0.500. The van der Waals surface area contributed by atoms with Gasteiger partial charge >= 0.3 is 17.1 Å². The number of aliphatic imine (C=N–C) groups is 4. The number of methoxy groups -OCH3 is 2. The third-order valence-electron chi connectivity index (χ3n) is 1.52. The Labute approximate surface area is 121 Å². The number of guanidine groups is 2. The molecule has 0 aliphatic heterocycles. The van der Waals surface area contributed by atoms with Gasteiger partial charge in [0.1, 0.15) is 0 Å². The summed E-state index contributed by atoms with van der Waals surface area (Å²) >= 11 is 0. The Morgan fingerprint density at radius 1 is 0.789 bits per heavy atom. The van der Waals surface area contributed by atoms with E-state index in [1.807, 2.05) is 0 Å². The fourth-order valence-corrected chi connectivity index (χ4v) is 0.717. The third kappa shape index (κ3) is 10.9. The molecule has 0 aromatic rings. The normalized spacial score (nSPS) is 13.8. The van der Waals surface area contributed by atoms with Crippen LogP contribution in [0.3, 0.4) is 0 Å². The van der Waals surface area contributed by atoms with E-state index in [9.17, 15) is 0 Å². The van der Waals surface area contributed by atoms with Crippen LogP contribution in [0, 0.1) is 0 Å². The van der Waals surface area contributed by atoms with Crippen molar-refractivity contribution in [1.82, 2.24) is 0 Å². The summed E-state index contributed by atoms with van der Waals surface area (Å²) < 4.78 is 9.19. The Hall–Kier alpha value is -2.00. The second-order valence-corrected chi connectivity index (χ2v) is 2.79. The molecule has 8 N–H and O–H groups in total. The summed E-state index contributed by atoms with van der Waals surface area (Å²) in [4.78, 5) is 15.0. The first-order valence-electron chi connectivity index (χ1n) is 4.85. The zero-order chi connectivity index (χ0) is 14.0. The van der Waals surface area contributed by atoms with Gasteiger partial charge in [-0.2, -0.15) is 9.98 Å². The van der Waals surface area contributed by atoms with E-state index in [2.05, 4.69) is 29.4 Å². The molecule has 0 unspecified atom stereocenters. The van der Waals surface area contributed by atoms with Crippen LogP contribution in [0.1, 0.15) is 0 Å². The third-order valence-corrected chi connectivity index (χ3v) is 1.52. The largest absolute Gasteiger partial charge is 2.00 e. The van der Waals surface area contributed by atoms with Crippen LogP contribution < -0.4 is 22.9 Å². The molecule has 0 aliphatic rings. The van der Waals surface area contributed by atoms with Gasteiger partial charge in [-0.25, -0.2) is 9.98 Å². The summed E-state index contributed by atoms with van der Waals surface area (Å²) in [6.07, 6.45) is 0. The van der Waals surface area contributed by atoms with Gasteiger partial charge in [-0.05, 0) is 0 Å². The molecule has 0 rings (SSSR count). The quantitative estimate of drug-likeness (QED) is 0.194.